The number of hydrogen-bond donors (Lipinski definition) is 0. The molecule has 0 aromatic rings. The molecule has 0 aromatic carbocycles. The quantitative estimate of drug-likeness (QED) is 0.0262. The van der Waals surface area contributed by atoms with Gasteiger partial charge in [0.1, 0.15) is 13.2 Å². The summed E-state index contributed by atoms with van der Waals surface area (Å²) >= 11 is 0. The topological polar surface area (TPSA) is 78.9 Å². The van der Waals surface area contributed by atoms with Gasteiger partial charge in [-0.2, -0.15) is 0 Å². The molecule has 0 aliphatic carbocycles. The summed E-state index contributed by atoms with van der Waals surface area (Å²) in [5, 5.41) is 0. The van der Waals surface area contributed by atoms with Crippen molar-refractivity contribution in [3.63, 3.8) is 0 Å². The third-order valence-corrected chi connectivity index (χ3v) is 11.2. The van der Waals surface area contributed by atoms with Crippen molar-refractivity contribution >= 4 is 17.9 Å². The van der Waals surface area contributed by atoms with Gasteiger partial charge in [-0.1, -0.05) is 239 Å². The van der Waals surface area contributed by atoms with E-state index >= 15 is 0 Å². The Kier molecular flexibility index (Phi) is 52.0. The van der Waals surface area contributed by atoms with Crippen LogP contribution in [0.2, 0.25) is 0 Å². The van der Waals surface area contributed by atoms with Gasteiger partial charge in [-0.05, 0) is 96.3 Å². The van der Waals surface area contributed by atoms with Crippen molar-refractivity contribution in [2.24, 2.45) is 0 Å². The fourth-order valence-corrected chi connectivity index (χ4v) is 7.16. The molecule has 0 aromatic heterocycles. The van der Waals surface area contributed by atoms with Gasteiger partial charge in [-0.15, -0.1) is 0 Å². The molecule has 0 saturated heterocycles. The second kappa shape index (κ2) is 55.4. The van der Waals surface area contributed by atoms with Crippen LogP contribution in [0.3, 0.4) is 0 Å². The summed E-state index contributed by atoms with van der Waals surface area (Å²) < 4.78 is 16.7. The number of ether oxygens (including phenoxy) is 3. The molecule has 0 aliphatic heterocycles. The summed E-state index contributed by atoms with van der Waals surface area (Å²) in [6.07, 6.45) is 76.4. The summed E-state index contributed by atoms with van der Waals surface area (Å²) in [6.45, 7) is 6.31. The number of allylic oxidation sites excluding steroid dienone is 20. The molecule has 0 radical (unpaired) electrons. The maximum atomic E-state index is 12.8. The van der Waals surface area contributed by atoms with Gasteiger partial charge in [0.25, 0.3) is 0 Å². The molecular weight excluding hydrogens is 841 g/mol. The zero-order chi connectivity index (χ0) is 49.3. The summed E-state index contributed by atoms with van der Waals surface area (Å²) in [5.41, 5.74) is 0. The van der Waals surface area contributed by atoms with Crippen LogP contribution in [0.4, 0.5) is 0 Å². The molecule has 0 rings (SSSR count). The van der Waals surface area contributed by atoms with Gasteiger partial charge in [-0.3, -0.25) is 14.4 Å². The van der Waals surface area contributed by atoms with Crippen LogP contribution in [0.5, 0.6) is 0 Å². The lowest BCUT2D eigenvalue weighted by molar-refractivity contribution is -0.166. The van der Waals surface area contributed by atoms with Gasteiger partial charge in [0.2, 0.25) is 0 Å². The smallest absolute Gasteiger partial charge is 0.306 e. The maximum absolute atomic E-state index is 12.8. The molecule has 1 atom stereocenters. The molecule has 384 valence electrons. The Labute approximate surface area is 418 Å². The molecule has 6 nitrogen and oxygen atoms in total. The lowest BCUT2D eigenvalue weighted by atomic mass is 10.1. The first-order valence-electron chi connectivity index (χ1n) is 27.5. The Hall–Kier alpha value is -4.19. The summed E-state index contributed by atoms with van der Waals surface area (Å²) in [7, 11) is 0. The molecule has 0 spiro atoms. The van der Waals surface area contributed by atoms with E-state index < -0.39 is 12.1 Å². The molecule has 0 bridgehead atoms. The predicted molar refractivity (Wildman–Crippen MR) is 293 cm³/mol. The van der Waals surface area contributed by atoms with E-state index in [1.54, 1.807) is 0 Å². The maximum Gasteiger partial charge on any atom is 0.306 e. The van der Waals surface area contributed by atoms with Crippen LogP contribution in [0.25, 0.3) is 0 Å². The second-order valence-electron chi connectivity index (χ2n) is 17.7. The van der Waals surface area contributed by atoms with E-state index in [1.807, 2.05) is 12.2 Å². The highest BCUT2D eigenvalue weighted by atomic mass is 16.6. The first-order chi connectivity index (χ1) is 33.5. The SMILES string of the molecule is CC/C=C\C/C=C\C/C=C\C/C=C\C/C=C\C/C=C\CCC(=O)OC(COC(=O)CCCCCCCCCC)COC(=O)CCCCCCCCCCCC/C=C\C/C=C\C/C=C\C/C=C\CC. The zero-order valence-corrected chi connectivity index (χ0v) is 43.8. The van der Waals surface area contributed by atoms with Crippen molar-refractivity contribution in [1.82, 2.24) is 0 Å². The average Bonchev–Trinajstić information content (AvgIpc) is 3.34. The average molecular weight is 941 g/mol. The number of carbonyl (C=O) groups excluding carboxylic acids is 3. The van der Waals surface area contributed by atoms with E-state index in [0.717, 1.165) is 103 Å². The van der Waals surface area contributed by atoms with Crippen molar-refractivity contribution in [3.05, 3.63) is 122 Å². The van der Waals surface area contributed by atoms with Crippen molar-refractivity contribution in [2.45, 2.75) is 239 Å². The molecule has 0 N–H and O–H groups in total. The van der Waals surface area contributed by atoms with Crippen molar-refractivity contribution in [2.75, 3.05) is 13.2 Å². The van der Waals surface area contributed by atoms with Crippen LogP contribution in [0.1, 0.15) is 233 Å². The Morgan fingerprint density at radius 2 is 0.603 bits per heavy atom. The number of esters is 3. The lowest BCUT2D eigenvalue weighted by Crippen LogP contribution is -2.30. The van der Waals surface area contributed by atoms with Crippen molar-refractivity contribution < 1.29 is 28.6 Å². The highest BCUT2D eigenvalue weighted by molar-refractivity contribution is 5.71. The molecule has 0 saturated carbocycles. The molecule has 6 heteroatoms. The number of unbranched alkanes of at least 4 members (excludes halogenated alkanes) is 17. The third-order valence-electron chi connectivity index (χ3n) is 11.2. The van der Waals surface area contributed by atoms with Crippen molar-refractivity contribution in [1.29, 1.82) is 0 Å². The Morgan fingerprint density at radius 1 is 0.309 bits per heavy atom. The highest BCUT2D eigenvalue weighted by Crippen LogP contribution is 2.14. The van der Waals surface area contributed by atoms with Gasteiger partial charge in [-0.25, -0.2) is 0 Å². The highest BCUT2D eigenvalue weighted by Gasteiger charge is 2.19. The molecule has 0 amide bonds. The van der Waals surface area contributed by atoms with Gasteiger partial charge in [0.15, 0.2) is 6.10 Å². The lowest BCUT2D eigenvalue weighted by Gasteiger charge is -2.18. The summed E-state index contributed by atoms with van der Waals surface area (Å²) in [5.74, 6) is -1.01. The monoisotopic (exact) mass is 941 g/mol. The summed E-state index contributed by atoms with van der Waals surface area (Å²) in [6, 6.07) is 0. The van der Waals surface area contributed by atoms with Crippen LogP contribution in [-0.4, -0.2) is 37.2 Å². The van der Waals surface area contributed by atoms with Crippen LogP contribution in [0, 0.1) is 0 Å². The normalized spacial score (nSPS) is 13.0. The summed E-state index contributed by atoms with van der Waals surface area (Å²) in [4.78, 5) is 37.9. The first-order valence-corrected chi connectivity index (χ1v) is 27.5. The van der Waals surface area contributed by atoms with Crippen molar-refractivity contribution in [3.8, 4) is 0 Å². The minimum atomic E-state index is -0.820. The Bertz CT molecular complexity index is 1450. The van der Waals surface area contributed by atoms with Gasteiger partial charge >= 0.3 is 17.9 Å². The second-order valence-corrected chi connectivity index (χ2v) is 17.7. The first kappa shape index (κ1) is 63.8. The largest absolute Gasteiger partial charge is 0.462 e. The molecule has 1 unspecified atom stereocenters. The van der Waals surface area contributed by atoms with E-state index in [4.69, 9.17) is 14.2 Å². The third kappa shape index (κ3) is 52.8. The zero-order valence-electron chi connectivity index (χ0n) is 43.8. The van der Waals surface area contributed by atoms with Gasteiger partial charge in [0.05, 0.1) is 0 Å². The molecule has 0 fully saturated rings. The van der Waals surface area contributed by atoms with Crippen LogP contribution in [-0.2, 0) is 28.6 Å². The minimum Gasteiger partial charge on any atom is -0.462 e. The van der Waals surface area contributed by atoms with Gasteiger partial charge < -0.3 is 14.2 Å². The van der Waals surface area contributed by atoms with E-state index in [0.29, 0.717) is 19.3 Å². The molecule has 0 aliphatic rings. The predicted octanol–water partition coefficient (Wildman–Crippen LogP) is 18.5. The Balaban J connectivity index is 4.37. The molecular formula is C62H100O6. The number of hydrogen-bond acceptors (Lipinski definition) is 6. The standard InChI is InChI=1S/C62H100O6/c1-4-7-10-13-16-19-21-23-25-27-29-30-31-32-34-35-37-39-41-43-46-49-52-55-61(64)67-58-59(57-66-60(63)54-51-48-45-18-15-12-9-6-3)68-62(65)56-53-50-47-44-42-40-38-36-33-28-26-24-22-20-17-14-11-8-5-2/h7-8,10-11,16-17,19-20,23-26,29-30,33,36,40,42,47,50,59H,4-6,9,12-15,18,21-22,27-28,31-32,34-35,37-39,41,43-46,48-49,51-58H2,1-3H3/b10-7-,11-8-,19-16-,20-17-,25-23-,26-24-,30-29-,36-33-,42-40-,50-47-. The fraction of sp³-hybridized carbons (Fsp3) is 0.629. The van der Waals surface area contributed by atoms with E-state index in [2.05, 4.69) is 130 Å². The van der Waals surface area contributed by atoms with Crippen LogP contribution in [0.15, 0.2) is 122 Å². The number of carbonyl (C=O) groups is 3. The molecule has 68 heavy (non-hydrogen) atoms. The van der Waals surface area contributed by atoms with Gasteiger partial charge in [0, 0.05) is 19.3 Å². The van der Waals surface area contributed by atoms with Crippen LogP contribution >= 0.6 is 0 Å². The van der Waals surface area contributed by atoms with Crippen LogP contribution < -0.4 is 0 Å². The van der Waals surface area contributed by atoms with E-state index in [9.17, 15) is 14.4 Å². The Morgan fingerprint density at radius 3 is 0.956 bits per heavy atom. The molecule has 0 heterocycles. The number of rotatable bonds is 48. The fourth-order valence-electron chi connectivity index (χ4n) is 7.16. The minimum absolute atomic E-state index is 0.111. The van der Waals surface area contributed by atoms with E-state index in [-0.39, 0.29) is 31.6 Å². The van der Waals surface area contributed by atoms with E-state index in [1.165, 1.54) is 83.5 Å².